The van der Waals surface area contributed by atoms with Crippen molar-refractivity contribution in [3.63, 3.8) is 0 Å². The third kappa shape index (κ3) is 4.13. The standard InChI is InChI=1S/C24H18ClFN4OS/c1-15-21(28-23(31-15)18-8-2-3-9-19(18)25)13-30-22-20(10-5-11-27-22)29-24(30)32-14-16-6-4-7-17(26)12-16/h2-12H,13-14H2,1H3. The van der Waals surface area contributed by atoms with Gasteiger partial charge in [0.15, 0.2) is 10.8 Å². The summed E-state index contributed by atoms with van der Waals surface area (Å²) in [6, 6.07) is 17.8. The van der Waals surface area contributed by atoms with Gasteiger partial charge in [0.25, 0.3) is 0 Å². The van der Waals surface area contributed by atoms with Crippen LogP contribution in [0, 0.1) is 12.7 Å². The van der Waals surface area contributed by atoms with Gasteiger partial charge in [-0.2, -0.15) is 0 Å². The molecule has 0 unspecified atom stereocenters. The fourth-order valence-electron chi connectivity index (χ4n) is 3.44. The van der Waals surface area contributed by atoms with E-state index in [2.05, 4.69) is 4.98 Å². The number of imidazole rings is 1. The summed E-state index contributed by atoms with van der Waals surface area (Å²) in [7, 11) is 0. The highest BCUT2D eigenvalue weighted by atomic mass is 35.5. The fraction of sp³-hybridized carbons (Fsp3) is 0.125. The highest BCUT2D eigenvalue weighted by Crippen LogP contribution is 2.31. The van der Waals surface area contributed by atoms with Gasteiger partial charge >= 0.3 is 0 Å². The van der Waals surface area contributed by atoms with Gasteiger partial charge in [-0.15, -0.1) is 0 Å². The molecule has 5 nitrogen and oxygen atoms in total. The van der Waals surface area contributed by atoms with Crippen LogP contribution < -0.4 is 0 Å². The number of aromatic nitrogens is 4. The predicted octanol–water partition coefficient (Wildman–Crippen LogP) is 6.53. The van der Waals surface area contributed by atoms with Crippen LogP contribution in [0.1, 0.15) is 17.0 Å². The van der Waals surface area contributed by atoms with E-state index in [1.807, 2.05) is 54.0 Å². The predicted molar refractivity (Wildman–Crippen MR) is 124 cm³/mol. The van der Waals surface area contributed by atoms with E-state index in [1.165, 1.54) is 23.9 Å². The minimum absolute atomic E-state index is 0.247. The summed E-state index contributed by atoms with van der Waals surface area (Å²) in [5.74, 6) is 1.53. The lowest BCUT2D eigenvalue weighted by Crippen LogP contribution is -2.04. The van der Waals surface area contributed by atoms with Gasteiger partial charge in [0.05, 0.1) is 17.1 Å². The average molecular weight is 465 g/mol. The maximum Gasteiger partial charge on any atom is 0.228 e. The summed E-state index contributed by atoms with van der Waals surface area (Å²) in [5, 5.41) is 1.37. The molecule has 8 heteroatoms. The number of hydrogen-bond acceptors (Lipinski definition) is 5. The van der Waals surface area contributed by atoms with Crippen molar-refractivity contribution in [2.45, 2.75) is 24.4 Å². The average Bonchev–Trinajstić information content (AvgIpc) is 3.33. The van der Waals surface area contributed by atoms with Gasteiger partial charge in [0.1, 0.15) is 22.8 Å². The Kier molecular flexibility index (Phi) is 5.68. The molecule has 0 saturated carbocycles. The van der Waals surface area contributed by atoms with Gasteiger partial charge in [-0.25, -0.2) is 19.3 Å². The molecule has 2 aromatic carbocycles. The Morgan fingerprint density at radius 1 is 1.06 bits per heavy atom. The molecular formula is C24H18ClFN4OS. The van der Waals surface area contributed by atoms with Crippen LogP contribution in [0.2, 0.25) is 5.02 Å². The van der Waals surface area contributed by atoms with Crippen LogP contribution >= 0.6 is 23.4 Å². The maximum atomic E-state index is 13.6. The first kappa shape index (κ1) is 20.7. The maximum absolute atomic E-state index is 13.6. The van der Waals surface area contributed by atoms with E-state index < -0.39 is 0 Å². The zero-order chi connectivity index (χ0) is 22.1. The van der Waals surface area contributed by atoms with Crippen molar-refractivity contribution in [1.29, 1.82) is 0 Å². The van der Waals surface area contributed by atoms with Crippen molar-refractivity contribution >= 4 is 34.5 Å². The molecule has 0 aliphatic rings. The first-order valence-corrected chi connectivity index (χ1v) is 11.3. The quantitative estimate of drug-likeness (QED) is 0.267. The number of benzene rings is 2. The Balaban J connectivity index is 1.49. The molecule has 0 bridgehead atoms. The van der Waals surface area contributed by atoms with Crippen LogP contribution in [0.15, 0.2) is 76.4 Å². The summed E-state index contributed by atoms with van der Waals surface area (Å²) in [6.07, 6.45) is 1.74. The van der Waals surface area contributed by atoms with Crippen LogP contribution in [0.25, 0.3) is 22.6 Å². The van der Waals surface area contributed by atoms with Gasteiger partial charge < -0.3 is 4.42 Å². The molecule has 5 rings (SSSR count). The zero-order valence-corrected chi connectivity index (χ0v) is 18.7. The first-order valence-electron chi connectivity index (χ1n) is 9.98. The molecular weight excluding hydrogens is 447 g/mol. The SMILES string of the molecule is Cc1oc(-c2ccccc2Cl)nc1Cn1c(SCc2cccc(F)c2)nc2cccnc21. The number of aryl methyl sites for hydroxylation is 1. The van der Waals surface area contributed by atoms with E-state index in [1.54, 1.807) is 12.3 Å². The molecule has 0 saturated heterocycles. The van der Waals surface area contributed by atoms with Crippen LogP contribution in [0.5, 0.6) is 0 Å². The Hall–Kier alpha value is -3.16. The minimum Gasteiger partial charge on any atom is -0.441 e. The van der Waals surface area contributed by atoms with E-state index in [0.29, 0.717) is 29.0 Å². The minimum atomic E-state index is -0.247. The largest absolute Gasteiger partial charge is 0.441 e. The molecule has 0 N–H and O–H groups in total. The van der Waals surface area contributed by atoms with E-state index in [4.69, 9.17) is 26.0 Å². The number of nitrogens with zero attached hydrogens (tertiary/aromatic N) is 4. The van der Waals surface area contributed by atoms with Gasteiger partial charge in [-0.3, -0.25) is 4.57 Å². The molecule has 5 aromatic rings. The summed E-state index contributed by atoms with van der Waals surface area (Å²) >= 11 is 7.85. The number of rotatable bonds is 6. The molecule has 0 spiro atoms. The summed E-state index contributed by atoms with van der Waals surface area (Å²) in [6.45, 7) is 2.33. The molecule has 0 amide bonds. The zero-order valence-electron chi connectivity index (χ0n) is 17.1. The number of pyridine rings is 1. The van der Waals surface area contributed by atoms with Crippen LogP contribution in [0.3, 0.4) is 0 Å². The lowest BCUT2D eigenvalue weighted by molar-refractivity contribution is 0.537. The second-order valence-electron chi connectivity index (χ2n) is 7.25. The molecule has 0 fully saturated rings. The third-order valence-electron chi connectivity index (χ3n) is 5.03. The molecule has 32 heavy (non-hydrogen) atoms. The molecule has 3 heterocycles. The van der Waals surface area contributed by atoms with Gasteiger partial charge in [0, 0.05) is 11.9 Å². The summed E-state index contributed by atoms with van der Waals surface area (Å²) in [4.78, 5) is 14.0. The lowest BCUT2D eigenvalue weighted by Gasteiger charge is -2.07. The Morgan fingerprint density at radius 3 is 2.78 bits per heavy atom. The summed E-state index contributed by atoms with van der Waals surface area (Å²) in [5.41, 5.74) is 3.97. The molecule has 3 aromatic heterocycles. The highest BCUT2D eigenvalue weighted by Gasteiger charge is 2.18. The van der Waals surface area contributed by atoms with Crippen LogP contribution in [0.4, 0.5) is 4.39 Å². The van der Waals surface area contributed by atoms with Crippen molar-refractivity contribution in [1.82, 2.24) is 19.5 Å². The van der Waals surface area contributed by atoms with Gasteiger partial charge in [-0.1, -0.05) is 47.6 Å². The van der Waals surface area contributed by atoms with E-state index >= 15 is 0 Å². The van der Waals surface area contributed by atoms with Crippen LogP contribution in [-0.4, -0.2) is 19.5 Å². The molecule has 0 atom stereocenters. The monoisotopic (exact) mass is 464 g/mol. The van der Waals surface area contributed by atoms with Crippen LogP contribution in [-0.2, 0) is 12.3 Å². The van der Waals surface area contributed by atoms with Crippen molar-refractivity contribution in [3.8, 4) is 11.5 Å². The number of fused-ring (bicyclic) bond motifs is 1. The number of halogens is 2. The normalized spacial score (nSPS) is 11.3. The highest BCUT2D eigenvalue weighted by molar-refractivity contribution is 7.98. The Labute approximate surface area is 193 Å². The molecule has 0 aliphatic carbocycles. The molecule has 0 aliphatic heterocycles. The van der Waals surface area contributed by atoms with E-state index in [9.17, 15) is 4.39 Å². The number of hydrogen-bond donors (Lipinski definition) is 0. The smallest absolute Gasteiger partial charge is 0.228 e. The van der Waals surface area contributed by atoms with Crippen molar-refractivity contribution in [2.24, 2.45) is 0 Å². The van der Waals surface area contributed by atoms with Crippen molar-refractivity contribution in [2.75, 3.05) is 0 Å². The fourth-order valence-corrected chi connectivity index (χ4v) is 4.60. The van der Waals surface area contributed by atoms with Gasteiger partial charge in [-0.05, 0) is 48.9 Å². The number of thioether (sulfide) groups is 1. The van der Waals surface area contributed by atoms with E-state index in [-0.39, 0.29) is 5.82 Å². The second-order valence-corrected chi connectivity index (χ2v) is 8.60. The lowest BCUT2D eigenvalue weighted by atomic mass is 10.2. The summed E-state index contributed by atoms with van der Waals surface area (Å²) < 4.78 is 21.5. The second kappa shape index (κ2) is 8.76. The third-order valence-corrected chi connectivity index (χ3v) is 6.41. The topological polar surface area (TPSA) is 56.7 Å². The number of oxazole rings is 1. The Morgan fingerprint density at radius 2 is 1.94 bits per heavy atom. The van der Waals surface area contributed by atoms with E-state index in [0.717, 1.165) is 33.1 Å². The molecule has 0 radical (unpaired) electrons. The first-order chi connectivity index (χ1) is 15.6. The molecule has 160 valence electrons. The van der Waals surface area contributed by atoms with Crippen molar-refractivity contribution < 1.29 is 8.81 Å². The Bertz CT molecular complexity index is 1410. The van der Waals surface area contributed by atoms with Gasteiger partial charge in [0.2, 0.25) is 5.89 Å². The van der Waals surface area contributed by atoms with Crippen molar-refractivity contribution in [3.05, 3.63) is 94.7 Å².